The summed E-state index contributed by atoms with van der Waals surface area (Å²) in [5.41, 5.74) is 5.53. The smallest absolute Gasteiger partial charge is 0.258 e. The number of rotatable bonds is 6. The van der Waals surface area contributed by atoms with Crippen molar-refractivity contribution in [2.75, 3.05) is 26.2 Å². The van der Waals surface area contributed by atoms with E-state index in [1.54, 1.807) is 38.4 Å². The molecule has 3 atom stereocenters. The zero-order valence-corrected chi connectivity index (χ0v) is 24.7. The number of carbonyl (C=O) groups is 2. The van der Waals surface area contributed by atoms with E-state index in [1.165, 1.54) is 5.56 Å². The molecule has 7 heteroatoms. The maximum absolute atomic E-state index is 14.5. The molecule has 1 fully saturated rings. The fraction of sp³-hybridized carbons (Fsp3) is 0.250. The summed E-state index contributed by atoms with van der Waals surface area (Å²) in [7, 11) is 4.66. The van der Waals surface area contributed by atoms with Crippen LogP contribution in [-0.4, -0.2) is 38.7 Å². The first-order chi connectivity index (χ1) is 20.9. The van der Waals surface area contributed by atoms with Crippen LogP contribution in [0.5, 0.6) is 17.2 Å². The molecule has 218 valence electrons. The van der Waals surface area contributed by atoms with Crippen molar-refractivity contribution in [1.82, 2.24) is 0 Å². The van der Waals surface area contributed by atoms with Crippen LogP contribution in [0.1, 0.15) is 51.8 Å². The molecule has 0 bridgehead atoms. The Morgan fingerprint density at radius 2 is 1.44 bits per heavy atom. The van der Waals surface area contributed by atoms with Gasteiger partial charge in [-0.15, -0.1) is 0 Å². The SMILES string of the molecule is COc1cc(C2C3C(=O)CC(c4ccc(C)cc4)CC3=Nc3ccccc3N2C(=O)c2ccccc2)cc(OC)c1OC. The maximum Gasteiger partial charge on any atom is 0.258 e. The van der Waals surface area contributed by atoms with Gasteiger partial charge in [0.25, 0.3) is 5.91 Å². The summed E-state index contributed by atoms with van der Waals surface area (Å²) in [6.07, 6.45) is 0.944. The third kappa shape index (κ3) is 5.16. The molecule has 0 N–H and O–H groups in total. The first-order valence-corrected chi connectivity index (χ1v) is 14.4. The number of ether oxygens (including phenoxy) is 3. The Hall–Kier alpha value is -4.91. The molecular weight excluding hydrogens is 540 g/mol. The van der Waals surface area contributed by atoms with Crippen LogP contribution >= 0.6 is 0 Å². The van der Waals surface area contributed by atoms with Gasteiger partial charge in [0.1, 0.15) is 5.78 Å². The summed E-state index contributed by atoms with van der Waals surface area (Å²) in [4.78, 5) is 35.8. The number of hydrogen-bond acceptors (Lipinski definition) is 6. The fourth-order valence-corrected chi connectivity index (χ4v) is 6.34. The molecule has 3 unspecified atom stereocenters. The second-order valence-electron chi connectivity index (χ2n) is 11.0. The fourth-order valence-electron chi connectivity index (χ4n) is 6.34. The van der Waals surface area contributed by atoms with Crippen LogP contribution in [0.25, 0.3) is 0 Å². The second kappa shape index (κ2) is 11.8. The number of aryl methyl sites for hydroxylation is 1. The summed E-state index contributed by atoms with van der Waals surface area (Å²) in [6, 6.07) is 28.0. The van der Waals surface area contributed by atoms with Gasteiger partial charge in [0.15, 0.2) is 11.5 Å². The molecule has 1 aliphatic heterocycles. The van der Waals surface area contributed by atoms with Gasteiger partial charge >= 0.3 is 0 Å². The highest BCUT2D eigenvalue weighted by Gasteiger charge is 2.47. The van der Waals surface area contributed by atoms with Crippen LogP contribution in [0.3, 0.4) is 0 Å². The number of nitrogens with zero attached hydrogens (tertiary/aromatic N) is 2. The summed E-state index contributed by atoms with van der Waals surface area (Å²) < 4.78 is 17.0. The molecule has 0 aromatic heterocycles. The van der Waals surface area contributed by atoms with E-state index in [0.717, 1.165) is 11.3 Å². The van der Waals surface area contributed by atoms with E-state index < -0.39 is 12.0 Å². The molecule has 4 aromatic rings. The number of Topliss-reactive ketones (excluding diaryl/α,β-unsaturated/α-hetero) is 1. The number of amides is 1. The standard InChI is InChI=1S/C36H34N2O5/c1-22-14-16-23(17-15-22)25-18-28-33(30(39)19-25)34(26-20-31(41-2)35(43-4)32(21-26)42-3)38(29-13-9-8-12-27(29)37-28)36(40)24-10-6-5-7-11-24/h5-17,20-21,25,33-34H,18-19H2,1-4H3. The van der Waals surface area contributed by atoms with Crippen LogP contribution in [0.15, 0.2) is 96.0 Å². The first-order valence-electron chi connectivity index (χ1n) is 14.4. The summed E-state index contributed by atoms with van der Waals surface area (Å²) in [6.45, 7) is 2.05. The van der Waals surface area contributed by atoms with Crippen LogP contribution in [0, 0.1) is 12.8 Å². The average Bonchev–Trinajstić information content (AvgIpc) is 3.19. The highest BCUT2D eigenvalue weighted by atomic mass is 16.5. The number of aliphatic imine (C=N–C) groups is 1. The van der Waals surface area contributed by atoms with Gasteiger partial charge in [0, 0.05) is 17.7 Å². The first kappa shape index (κ1) is 28.2. The van der Waals surface area contributed by atoms with E-state index >= 15 is 0 Å². The molecule has 0 spiro atoms. The molecule has 1 aliphatic carbocycles. The predicted molar refractivity (Wildman–Crippen MR) is 167 cm³/mol. The molecule has 2 aliphatic rings. The third-order valence-corrected chi connectivity index (χ3v) is 8.43. The van der Waals surface area contributed by atoms with Crippen molar-refractivity contribution in [3.63, 3.8) is 0 Å². The van der Waals surface area contributed by atoms with Crippen molar-refractivity contribution in [2.45, 2.75) is 31.7 Å². The topological polar surface area (TPSA) is 77.4 Å². The largest absolute Gasteiger partial charge is 0.493 e. The molecule has 0 radical (unpaired) electrons. The Balaban J connectivity index is 1.58. The van der Waals surface area contributed by atoms with Gasteiger partial charge in [0.2, 0.25) is 5.75 Å². The minimum atomic E-state index is -0.713. The Bertz CT molecular complexity index is 1670. The van der Waals surface area contributed by atoms with Gasteiger partial charge in [-0.2, -0.15) is 0 Å². The van der Waals surface area contributed by atoms with E-state index in [1.807, 2.05) is 54.6 Å². The van der Waals surface area contributed by atoms with Gasteiger partial charge in [-0.1, -0.05) is 60.2 Å². The van der Waals surface area contributed by atoms with Crippen LogP contribution < -0.4 is 19.1 Å². The summed E-state index contributed by atoms with van der Waals surface area (Å²) >= 11 is 0. The van der Waals surface area contributed by atoms with E-state index in [-0.39, 0.29) is 17.6 Å². The Labute approximate surface area is 251 Å². The number of fused-ring (bicyclic) bond motifs is 2. The molecule has 0 saturated heterocycles. The van der Waals surface area contributed by atoms with Gasteiger partial charge in [-0.25, -0.2) is 0 Å². The van der Waals surface area contributed by atoms with Gasteiger partial charge < -0.3 is 14.2 Å². The number of ketones is 1. The van der Waals surface area contributed by atoms with Gasteiger partial charge in [-0.05, 0) is 66.8 Å². The number of carbonyl (C=O) groups excluding carboxylic acids is 2. The maximum atomic E-state index is 14.5. The van der Waals surface area contributed by atoms with Gasteiger partial charge in [0.05, 0.1) is 44.7 Å². The molecule has 1 saturated carbocycles. The molecule has 4 aromatic carbocycles. The minimum absolute atomic E-state index is 0.00720. The van der Waals surface area contributed by atoms with Crippen molar-refractivity contribution in [1.29, 1.82) is 0 Å². The lowest BCUT2D eigenvalue weighted by Gasteiger charge is -2.39. The number of benzene rings is 4. The average molecular weight is 575 g/mol. The quantitative estimate of drug-likeness (QED) is 0.242. The highest BCUT2D eigenvalue weighted by Crippen LogP contribution is 2.50. The Kier molecular flexibility index (Phi) is 7.72. The van der Waals surface area contributed by atoms with Crippen molar-refractivity contribution in [3.8, 4) is 17.2 Å². The summed E-state index contributed by atoms with van der Waals surface area (Å²) in [5.74, 6) is 0.454. The third-order valence-electron chi connectivity index (χ3n) is 8.43. The molecular formula is C36H34N2O5. The van der Waals surface area contributed by atoms with E-state index in [2.05, 4.69) is 31.2 Å². The van der Waals surface area contributed by atoms with Crippen LogP contribution in [0.2, 0.25) is 0 Å². The zero-order valence-electron chi connectivity index (χ0n) is 24.7. The normalized spacial score (nSPS) is 19.4. The van der Waals surface area contributed by atoms with E-state index in [0.29, 0.717) is 52.6 Å². The number of anilines is 1. The number of hydrogen-bond donors (Lipinski definition) is 0. The molecule has 43 heavy (non-hydrogen) atoms. The summed E-state index contributed by atoms with van der Waals surface area (Å²) in [5, 5.41) is 0. The van der Waals surface area contributed by atoms with Crippen molar-refractivity contribution >= 4 is 28.8 Å². The molecule has 7 nitrogen and oxygen atoms in total. The van der Waals surface area contributed by atoms with Crippen molar-refractivity contribution in [2.24, 2.45) is 10.9 Å². The van der Waals surface area contributed by atoms with Crippen molar-refractivity contribution < 1.29 is 23.8 Å². The molecule has 1 heterocycles. The highest BCUT2D eigenvalue weighted by molar-refractivity contribution is 6.15. The van der Waals surface area contributed by atoms with E-state index in [4.69, 9.17) is 19.2 Å². The Morgan fingerprint density at radius 1 is 0.791 bits per heavy atom. The number of methoxy groups -OCH3 is 3. The predicted octanol–water partition coefficient (Wildman–Crippen LogP) is 7.26. The molecule has 6 rings (SSSR count). The lowest BCUT2D eigenvalue weighted by Crippen LogP contribution is -2.45. The van der Waals surface area contributed by atoms with Gasteiger partial charge in [-0.3, -0.25) is 19.5 Å². The van der Waals surface area contributed by atoms with Crippen LogP contribution in [0.4, 0.5) is 11.4 Å². The monoisotopic (exact) mass is 574 g/mol. The zero-order chi connectivity index (χ0) is 30.1. The lowest BCUT2D eigenvalue weighted by atomic mass is 9.72. The van der Waals surface area contributed by atoms with E-state index in [9.17, 15) is 9.59 Å². The van der Waals surface area contributed by atoms with Crippen molar-refractivity contribution in [3.05, 3.63) is 113 Å². The second-order valence-corrected chi connectivity index (χ2v) is 11.0. The van der Waals surface area contributed by atoms with Crippen LogP contribution in [-0.2, 0) is 4.79 Å². The molecule has 1 amide bonds. The number of para-hydroxylation sites is 2. The Morgan fingerprint density at radius 3 is 2.09 bits per heavy atom. The minimum Gasteiger partial charge on any atom is -0.493 e. The lowest BCUT2D eigenvalue weighted by molar-refractivity contribution is -0.122.